The lowest BCUT2D eigenvalue weighted by molar-refractivity contribution is 0.213. The third-order valence-corrected chi connectivity index (χ3v) is 5.70. The highest BCUT2D eigenvalue weighted by Gasteiger charge is 2.33. The average Bonchev–Trinajstić information content (AvgIpc) is 2.82. The summed E-state index contributed by atoms with van der Waals surface area (Å²) in [6.45, 7) is 0.312. The molecule has 0 aromatic heterocycles. The number of halogens is 2. The monoisotopic (exact) mass is 323 g/mol. The predicted molar refractivity (Wildman–Crippen MR) is 75.9 cm³/mol. The highest BCUT2D eigenvalue weighted by atomic mass is 35.5. The number of nitrogens with zero attached hydrogens (tertiary/aromatic N) is 1. The first-order valence-corrected chi connectivity index (χ1v) is 8.35. The lowest BCUT2D eigenvalue weighted by Gasteiger charge is -2.22. The quantitative estimate of drug-likeness (QED) is 0.924. The fourth-order valence-electron chi connectivity index (χ4n) is 2.28. The molecule has 106 valence electrons. The molecule has 1 N–H and O–H groups in total. The van der Waals surface area contributed by atoms with E-state index in [9.17, 15) is 13.5 Å². The smallest absolute Gasteiger partial charge is 0.218 e. The van der Waals surface area contributed by atoms with Gasteiger partial charge in [-0.15, -0.1) is 0 Å². The van der Waals surface area contributed by atoms with Gasteiger partial charge < -0.3 is 5.11 Å². The van der Waals surface area contributed by atoms with E-state index in [1.165, 1.54) is 10.4 Å². The van der Waals surface area contributed by atoms with E-state index in [-0.39, 0.29) is 18.4 Å². The van der Waals surface area contributed by atoms with Crippen molar-refractivity contribution in [2.75, 3.05) is 13.2 Å². The van der Waals surface area contributed by atoms with Gasteiger partial charge in [0.1, 0.15) is 0 Å². The zero-order valence-corrected chi connectivity index (χ0v) is 12.5. The lowest BCUT2D eigenvalue weighted by Crippen LogP contribution is -2.38. The van der Waals surface area contributed by atoms with Crippen LogP contribution in [-0.4, -0.2) is 37.0 Å². The molecule has 1 aromatic carbocycles. The van der Waals surface area contributed by atoms with E-state index in [0.717, 1.165) is 6.42 Å². The molecular weight excluding hydrogens is 309 g/mol. The van der Waals surface area contributed by atoms with Crippen molar-refractivity contribution >= 4 is 33.2 Å². The zero-order chi connectivity index (χ0) is 14.0. The molecule has 0 amide bonds. The van der Waals surface area contributed by atoms with Gasteiger partial charge in [-0.1, -0.05) is 29.3 Å². The first kappa shape index (κ1) is 15.1. The fraction of sp³-hybridized carbons (Fsp3) is 0.500. The standard InChI is InChI=1S/C12H15Cl2NO3S/c13-10-4-3-9(12(14)6-10)8-19(17,18)15-5-1-2-11(15)7-16/h3-4,6,11,16H,1-2,5,7-8H2/t11-/m0/s1. The minimum absolute atomic E-state index is 0.145. The Balaban J connectivity index is 2.21. The second-order valence-corrected chi connectivity index (χ2v) is 7.35. The zero-order valence-electron chi connectivity index (χ0n) is 10.2. The molecule has 7 heteroatoms. The minimum atomic E-state index is -3.46. The first-order chi connectivity index (χ1) is 8.94. The van der Waals surface area contributed by atoms with Gasteiger partial charge in [-0.3, -0.25) is 0 Å². The van der Waals surface area contributed by atoms with Gasteiger partial charge in [-0.2, -0.15) is 4.31 Å². The molecule has 0 aliphatic carbocycles. The van der Waals surface area contributed by atoms with E-state index in [4.69, 9.17) is 23.2 Å². The third kappa shape index (κ3) is 3.41. The molecule has 2 rings (SSSR count). The van der Waals surface area contributed by atoms with Crippen LogP contribution in [0.1, 0.15) is 18.4 Å². The van der Waals surface area contributed by atoms with E-state index < -0.39 is 10.0 Å². The number of aliphatic hydroxyl groups is 1. The molecule has 1 heterocycles. The van der Waals surface area contributed by atoms with E-state index in [0.29, 0.717) is 28.6 Å². The fourth-order valence-corrected chi connectivity index (χ4v) is 4.67. The summed E-state index contributed by atoms with van der Waals surface area (Å²) >= 11 is 11.8. The largest absolute Gasteiger partial charge is 0.395 e. The van der Waals surface area contributed by atoms with E-state index >= 15 is 0 Å². The Kier molecular flexibility index (Phi) is 4.74. The van der Waals surface area contributed by atoms with E-state index in [1.807, 2.05) is 0 Å². The number of sulfonamides is 1. The van der Waals surface area contributed by atoms with Gasteiger partial charge in [0.2, 0.25) is 10.0 Å². The van der Waals surface area contributed by atoms with Gasteiger partial charge in [0.15, 0.2) is 0 Å². The molecule has 1 fully saturated rings. The van der Waals surface area contributed by atoms with Gasteiger partial charge in [-0.05, 0) is 30.5 Å². The molecule has 19 heavy (non-hydrogen) atoms. The van der Waals surface area contributed by atoms with Crippen LogP contribution < -0.4 is 0 Å². The van der Waals surface area contributed by atoms with Crippen molar-refractivity contribution in [3.05, 3.63) is 33.8 Å². The molecule has 4 nitrogen and oxygen atoms in total. The SMILES string of the molecule is O=S(=O)(Cc1ccc(Cl)cc1Cl)N1CCC[C@H]1CO. The Morgan fingerprint density at radius 3 is 2.74 bits per heavy atom. The molecule has 1 aliphatic rings. The minimum Gasteiger partial charge on any atom is -0.395 e. The summed E-state index contributed by atoms with van der Waals surface area (Å²) < 4.78 is 26.0. The Morgan fingerprint density at radius 1 is 1.37 bits per heavy atom. The van der Waals surface area contributed by atoms with Crippen LogP contribution in [0.3, 0.4) is 0 Å². The number of aliphatic hydroxyl groups excluding tert-OH is 1. The lowest BCUT2D eigenvalue weighted by atomic mass is 10.2. The van der Waals surface area contributed by atoms with Gasteiger partial charge in [0.25, 0.3) is 0 Å². The van der Waals surface area contributed by atoms with Gasteiger partial charge in [0, 0.05) is 22.6 Å². The van der Waals surface area contributed by atoms with Crippen LogP contribution in [-0.2, 0) is 15.8 Å². The predicted octanol–water partition coefficient (Wildman–Crippen LogP) is 2.28. The number of hydrogen-bond acceptors (Lipinski definition) is 3. The van der Waals surface area contributed by atoms with Crippen LogP contribution in [0.4, 0.5) is 0 Å². The highest BCUT2D eigenvalue weighted by molar-refractivity contribution is 7.88. The third-order valence-electron chi connectivity index (χ3n) is 3.24. The average molecular weight is 324 g/mol. The maximum absolute atomic E-state index is 12.3. The molecule has 1 atom stereocenters. The summed E-state index contributed by atoms with van der Waals surface area (Å²) in [6.07, 6.45) is 1.48. The van der Waals surface area contributed by atoms with Crippen molar-refractivity contribution in [3.63, 3.8) is 0 Å². The molecule has 0 bridgehead atoms. The summed E-state index contributed by atoms with van der Waals surface area (Å²) in [5.41, 5.74) is 0.523. The number of rotatable bonds is 4. The Hall–Kier alpha value is -0.330. The Labute approximate surface area is 123 Å². The van der Waals surface area contributed by atoms with Crippen LogP contribution in [0.2, 0.25) is 10.0 Å². The summed E-state index contributed by atoms with van der Waals surface area (Å²) in [4.78, 5) is 0. The van der Waals surface area contributed by atoms with E-state index in [1.54, 1.807) is 12.1 Å². The second kappa shape index (κ2) is 5.97. The molecule has 0 spiro atoms. The van der Waals surface area contributed by atoms with Gasteiger partial charge >= 0.3 is 0 Å². The van der Waals surface area contributed by atoms with Crippen LogP contribution in [0.25, 0.3) is 0 Å². The summed E-state index contributed by atoms with van der Waals surface area (Å²) in [5.74, 6) is -0.167. The van der Waals surface area contributed by atoms with Crippen molar-refractivity contribution in [1.29, 1.82) is 0 Å². The summed E-state index contributed by atoms with van der Waals surface area (Å²) in [5, 5.41) is 10.0. The van der Waals surface area contributed by atoms with Crippen LogP contribution >= 0.6 is 23.2 Å². The molecular formula is C12H15Cl2NO3S. The molecule has 0 unspecified atom stereocenters. The highest BCUT2D eigenvalue weighted by Crippen LogP contribution is 2.27. The molecule has 1 aliphatic heterocycles. The first-order valence-electron chi connectivity index (χ1n) is 5.98. The van der Waals surface area contributed by atoms with Crippen molar-refractivity contribution in [2.24, 2.45) is 0 Å². The summed E-state index contributed by atoms with van der Waals surface area (Å²) in [6, 6.07) is 4.45. The maximum atomic E-state index is 12.3. The normalized spacial score (nSPS) is 20.9. The van der Waals surface area contributed by atoms with Crippen molar-refractivity contribution in [1.82, 2.24) is 4.31 Å². The Bertz CT molecular complexity index is 562. The number of hydrogen-bond donors (Lipinski definition) is 1. The van der Waals surface area contributed by atoms with Gasteiger partial charge in [0.05, 0.1) is 12.4 Å². The summed E-state index contributed by atoms with van der Waals surface area (Å²) in [7, 11) is -3.46. The van der Waals surface area contributed by atoms with Gasteiger partial charge in [-0.25, -0.2) is 8.42 Å². The van der Waals surface area contributed by atoms with Crippen LogP contribution in [0, 0.1) is 0 Å². The van der Waals surface area contributed by atoms with E-state index in [2.05, 4.69) is 0 Å². The van der Waals surface area contributed by atoms with Crippen molar-refractivity contribution < 1.29 is 13.5 Å². The molecule has 0 radical (unpaired) electrons. The molecule has 1 saturated heterocycles. The van der Waals surface area contributed by atoms with Crippen LogP contribution in [0.15, 0.2) is 18.2 Å². The molecule has 1 aromatic rings. The maximum Gasteiger partial charge on any atom is 0.218 e. The van der Waals surface area contributed by atoms with Crippen molar-refractivity contribution in [2.45, 2.75) is 24.6 Å². The van der Waals surface area contributed by atoms with Crippen LogP contribution in [0.5, 0.6) is 0 Å². The number of benzene rings is 1. The topological polar surface area (TPSA) is 57.6 Å². The Morgan fingerprint density at radius 2 is 2.11 bits per heavy atom. The molecule has 0 saturated carbocycles. The van der Waals surface area contributed by atoms with Crippen molar-refractivity contribution in [3.8, 4) is 0 Å². The second-order valence-electron chi connectivity index (χ2n) is 4.58.